The van der Waals surface area contributed by atoms with Crippen LogP contribution in [0.2, 0.25) is 0 Å². The van der Waals surface area contributed by atoms with Gasteiger partial charge >= 0.3 is 18.0 Å². The van der Waals surface area contributed by atoms with Crippen LogP contribution in [0.15, 0.2) is 0 Å². The van der Waals surface area contributed by atoms with Crippen molar-refractivity contribution in [3.63, 3.8) is 0 Å². The summed E-state index contributed by atoms with van der Waals surface area (Å²) < 4.78 is 4.65. The van der Waals surface area contributed by atoms with E-state index in [0.717, 1.165) is 0 Å². The van der Waals surface area contributed by atoms with Crippen LogP contribution in [0.4, 0.5) is 4.79 Å². The van der Waals surface area contributed by atoms with Gasteiger partial charge in [0.05, 0.1) is 13.0 Å². The highest BCUT2D eigenvalue weighted by atomic mass is 16.5. The zero-order valence-electron chi connectivity index (χ0n) is 12.1. The maximum absolute atomic E-state index is 12.0. The first-order valence-corrected chi connectivity index (χ1v) is 6.76. The van der Waals surface area contributed by atoms with Crippen molar-refractivity contribution in [2.24, 2.45) is 11.8 Å². The monoisotopic (exact) mass is 286 g/mol. The summed E-state index contributed by atoms with van der Waals surface area (Å²) in [6, 6.07) is -1.35. The van der Waals surface area contributed by atoms with Gasteiger partial charge in [0.2, 0.25) is 0 Å². The van der Waals surface area contributed by atoms with Gasteiger partial charge in [-0.05, 0) is 12.3 Å². The Morgan fingerprint density at radius 1 is 1.45 bits per heavy atom. The zero-order valence-corrected chi connectivity index (χ0v) is 12.1. The van der Waals surface area contributed by atoms with Gasteiger partial charge in [-0.1, -0.05) is 20.3 Å². The molecule has 0 bridgehead atoms. The Morgan fingerprint density at radius 2 is 2.10 bits per heavy atom. The lowest BCUT2D eigenvalue weighted by atomic mass is 9.99. The molecule has 1 heterocycles. The Bertz CT molecular complexity index is 385. The largest absolute Gasteiger partial charge is 0.480 e. The van der Waals surface area contributed by atoms with E-state index in [4.69, 9.17) is 5.11 Å². The van der Waals surface area contributed by atoms with Crippen LogP contribution in [0.25, 0.3) is 0 Å². The Hall–Kier alpha value is -1.79. The molecule has 20 heavy (non-hydrogen) atoms. The maximum Gasteiger partial charge on any atom is 0.326 e. The number of urea groups is 1. The molecule has 0 aromatic heterocycles. The Kier molecular flexibility index (Phi) is 5.79. The number of carbonyl (C=O) groups excluding carboxylic acids is 2. The summed E-state index contributed by atoms with van der Waals surface area (Å²) >= 11 is 0. The van der Waals surface area contributed by atoms with Crippen LogP contribution in [0.1, 0.15) is 26.7 Å². The predicted octanol–water partition coefficient (Wildman–Crippen LogP) is 0.690. The molecule has 1 aliphatic heterocycles. The molecule has 1 aliphatic rings. The summed E-state index contributed by atoms with van der Waals surface area (Å²) in [5.41, 5.74) is 0. The molecule has 0 aromatic rings. The number of hydrogen-bond acceptors (Lipinski definition) is 4. The molecule has 7 nitrogen and oxygen atoms in total. The van der Waals surface area contributed by atoms with E-state index in [1.165, 1.54) is 12.0 Å². The van der Waals surface area contributed by atoms with E-state index in [1.54, 1.807) is 6.92 Å². The van der Waals surface area contributed by atoms with E-state index in [9.17, 15) is 14.4 Å². The van der Waals surface area contributed by atoms with Crippen LogP contribution in [0.3, 0.4) is 0 Å². The number of amides is 2. The summed E-state index contributed by atoms with van der Waals surface area (Å²) in [4.78, 5) is 36.0. The third-order valence-corrected chi connectivity index (χ3v) is 3.77. The smallest absolute Gasteiger partial charge is 0.326 e. The molecule has 0 aromatic carbocycles. The van der Waals surface area contributed by atoms with Crippen LogP contribution in [-0.2, 0) is 14.3 Å². The van der Waals surface area contributed by atoms with Gasteiger partial charge < -0.3 is 20.1 Å². The van der Waals surface area contributed by atoms with Gasteiger partial charge in [-0.15, -0.1) is 0 Å². The molecule has 0 aliphatic carbocycles. The lowest BCUT2D eigenvalue weighted by Gasteiger charge is -2.24. The van der Waals surface area contributed by atoms with Gasteiger partial charge in [0.25, 0.3) is 0 Å². The van der Waals surface area contributed by atoms with Crippen molar-refractivity contribution in [2.45, 2.75) is 32.7 Å². The number of rotatable bonds is 5. The normalized spacial score (nSPS) is 21.1. The van der Waals surface area contributed by atoms with E-state index >= 15 is 0 Å². The van der Waals surface area contributed by atoms with E-state index in [-0.39, 0.29) is 24.3 Å². The van der Waals surface area contributed by atoms with E-state index in [1.807, 2.05) is 6.92 Å². The number of methoxy groups -OCH3 is 1. The summed E-state index contributed by atoms with van der Waals surface area (Å²) in [6.45, 7) is 4.35. The summed E-state index contributed by atoms with van der Waals surface area (Å²) in [5, 5.41) is 11.7. The number of esters is 1. The Balaban J connectivity index is 2.58. The predicted molar refractivity (Wildman–Crippen MR) is 71.1 cm³/mol. The van der Waals surface area contributed by atoms with Crippen LogP contribution in [0.5, 0.6) is 0 Å². The molecule has 0 saturated carbocycles. The second-order valence-corrected chi connectivity index (χ2v) is 5.11. The van der Waals surface area contributed by atoms with Crippen molar-refractivity contribution in [3.8, 4) is 0 Å². The number of hydrogen-bond donors (Lipinski definition) is 2. The quantitative estimate of drug-likeness (QED) is 0.725. The lowest BCUT2D eigenvalue weighted by molar-refractivity contribution is -0.145. The van der Waals surface area contributed by atoms with E-state index in [2.05, 4.69) is 10.1 Å². The number of carbonyl (C=O) groups is 3. The lowest BCUT2D eigenvalue weighted by Crippen LogP contribution is -2.50. The topological polar surface area (TPSA) is 95.9 Å². The van der Waals surface area contributed by atoms with Crippen molar-refractivity contribution >= 4 is 18.0 Å². The second-order valence-electron chi connectivity index (χ2n) is 5.11. The summed E-state index contributed by atoms with van der Waals surface area (Å²) in [7, 11) is 1.31. The standard InChI is InChI=1S/C13H22N2O5/c1-4-8(2)10(11(16)17)14-13(19)15-6-5-9(7-15)12(18)20-3/h8-10H,4-7H2,1-3H3,(H,14,19)(H,16,17). The van der Waals surface area contributed by atoms with Crippen LogP contribution in [0, 0.1) is 11.8 Å². The Labute approximate surface area is 118 Å². The highest BCUT2D eigenvalue weighted by molar-refractivity contribution is 5.83. The number of nitrogens with zero attached hydrogens (tertiary/aromatic N) is 1. The molecule has 3 unspecified atom stereocenters. The molecule has 114 valence electrons. The molecule has 1 saturated heterocycles. The van der Waals surface area contributed by atoms with Crippen molar-refractivity contribution in [1.29, 1.82) is 0 Å². The van der Waals surface area contributed by atoms with Gasteiger partial charge in [0.15, 0.2) is 0 Å². The average molecular weight is 286 g/mol. The van der Waals surface area contributed by atoms with Crippen molar-refractivity contribution in [1.82, 2.24) is 10.2 Å². The maximum atomic E-state index is 12.0. The first-order chi connectivity index (χ1) is 9.40. The second kappa shape index (κ2) is 7.12. The molecule has 3 atom stereocenters. The molecule has 2 N–H and O–H groups in total. The third-order valence-electron chi connectivity index (χ3n) is 3.77. The first kappa shape index (κ1) is 16.3. The fourth-order valence-electron chi connectivity index (χ4n) is 2.21. The zero-order chi connectivity index (χ0) is 15.3. The van der Waals surface area contributed by atoms with Gasteiger partial charge in [-0.2, -0.15) is 0 Å². The van der Waals surface area contributed by atoms with Crippen molar-refractivity contribution < 1.29 is 24.2 Å². The first-order valence-electron chi connectivity index (χ1n) is 6.76. The highest BCUT2D eigenvalue weighted by Crippen LogP contribution is 2.18. The fourth-order valence-corrected chi connectivity index (χ4v) is 2.21. The minimum Gasteiger partial charge on any atom is -0.480 e. The van der Waals surface area contributed by atoms with Crippen LogP contribution < -0.4 is 5.32 Å². The van der Waals surface area contributed by atoms with E-state index < -0.39 is 18.0 Å². The average Bonchev–Trinajstić information content (AvgIpc) is 2.92. The molecule has 0 spiro atoms. The minimum atomic E-state index is -1.04. The highest BCUT2D eigenvalue weighted by Gasteiger charge is 2.34. The van der Waals surface area contributed by atoms with E-state index in [0.29, 0.717) is 19.4 Å². The minimum absolute atomic E-state index is 0.157. The molecular weight excluding hydrogens is 264 g/mol. The number of carboxylic acid groups (broad SMARTS) is 1. The number of carboxylic acids is 1. The molecule has 1 fully saturated rings. The molecule has 0 radical (unpaired) electrons. The summed E-state index contributed by atoms with van der Waals surface area (Å²) in [6.07, 6.45) is 1.20. The molecule has 7 heteroatoms. The summed E-state index contributed by atoms with van der Waals surface area (Å²) in [5.74, 6) is -1.86. The van der Waals surface area contributed by atoms with Crippen molar-refractivity contribution in [2.75, 3.05) is 20.2 Å². The Morgan fingerprint density at radius 3 is 2.60 bits per heavy atom. The number of aliphatic carboxylic acids is 1. The molecular formula is C13H22N2O5. The van der Waals surface area contributed by atoms with Gasteiger partial charge in [-0.25, -0.2) is 9.59 Å². The van der Waals surface area contributed by atoms with Crippen molar-refractivity contribution in [3.05, 3.63) is 0 Å². The molecule has 1 rings (SSSR count). The fraction of sp³-hybridized carbons (Fsp3) is 0.769. The third kappa shape index (κ3) is 3.85. The number of ether oxygens (including phenoxy) is 1. The molecule has 2 amide bonds. The van der Waals surface area contributed by atoms with Crippen LogP contribution in [-0.4, -0.2) is 54.2 Å². The number of nitrogens with one attached hydrogen (secondary N) is 1. The van der Waals surface area contributed by atoms with Gasteiger partial charge in [-0.3, -0.25) is 4.79 Å². The number of likely N-dealkylation sites (tertiary alicyclic amines) is 1. The SMILES string of the molecule is CCC(C)C(NC(=O)N1CCC(C(=O)OC)C1)C(=O)O. The van der Waals surface area contributed by atoms with Gasteiger partial charge in [0, 0.05) is 13.1 Å². The van der Waals surface area contributed by atoms with Crippen LogP contribution >= 0.6 is 0 Å². The van der Waals surface area contributed by atoms with Gasteiger partial charge in [0.1, 0.15) is 6.04 Å².